The maximum atomic E-state index is 11.6. The van der Waals surface area contributed by atoms with Gasteiger partial charge in [-0.2, -0.15) is 5.10 Å². The van der Waals surface area contributed by atoms with Gasteiger partial charge in [0, 0.05) is 22.9 Å². The first-order valence-corrected chi connectivity index (χ1v) is 6.53. The predicted octanol–water partition coefficient (Wildman–Crippen LogP) is 2.07. The molecule has 1 aromatic carbocycles. The van der Waals surface area contributed by atoms with E-state index < -0.39 is 0 Å². The third-order valence-corrected chi connectivity index (χ3v) is 3.09. The standard InChI is InChI=1S/C13H14BrN3O/c14-11-3-1-10(2-4-11)5-7-15-13(18)9-12-6-8-16-17-12/h1-4,6,8H,5,7,9H2,(H,15,18)(H,16,17). The molecule has 1 heterocycles. The summed E-state index contributed by atoms with van der Waals surface area (Å²) >= 11 is 3.39. The van der Waals surface area contributed by atoms with E-state index in [1.165, 1.54) is 5.56 Å². The Kier molecular flexibility index (Phi) is 4.52. The molecule has 1 aromatic heterocycles. The topological polar surface area (TPSA) is 57.8 Å². The Bertz CT molecular complexity index is 493. The zero-order valence-electron chi connectivity index (χ0n) is 9.82. The fourth-order valence-corrected chi connectivity index (χ4v) is 1.88. The maximum absolute atomic E-state index is 11.6. The van der Waals surface area contributed by atoms with Crippen LogP contribution >= 0.6 is 15.9 Å². The Morgan fingerprint density at radius 3 is 2.72 bits per heavy atom. The molecular weight excluding hydrogens is 294 g/mol. The number of rotatable bonds is 5. The van der Waals surface area contributed by atoms with Crippen molar-refractivity contribution in [3.05, 3.63) is 52.3 Å². The molecule has 94 valence electrons. The lowest BCUT2D eigenvalue weighted by atomic mass is 10.1. The van der Waals surface area contributed by atoms with Crippen LogP contribution in [-0.2, 0) is 17.6 Å². The van der Waals surface area contributed by atoms with Crippen LogP contribution in [0.5, 0.6) is 0 Å². The van der Waals surface area contributed by atoms with Crippen molar-refractivity contribution in [3.63, 3.8) is 0 Å². The van der Waals surface area contributed by atoms with E-state index in [1.54, 1.807) is 12.3 Å². The van der Waals surface area contributed by atoms with Crippen molar-refractivity contribution >= 4 is 21.8 Å². The van der Waals surface area contributed by atoms with E-state index in [4.69, 9.17) is 0 Å². The molecule has 0 aliphatic rings. The number of aromatic nitrogens is 2. The molecule has 4 nitrogen and oxygen atoms in total. The summed E-state index contributed by atoms with van der Waals surface area (Å²) in [5, 5.41) is 9.45. The number of nitrogens with zero attached hydrogens (tertiary/aromatic N) is 1. The van der Waals surface area contributed by atoms with Crippen LogP contribution < -0.4 is 5.32 Å². The Balaban J connectivity index is 1.72. The van der Waals surface area contributed by atoms with Crippen molar-refractivity contribution in [2.45, 2.75) is 12.8 Å². The number of nitrogens with one attached hydrogen (secondary N) is 2. The second-order valence-electron chi connectivity index (χ2n) is 3.99. The summed E-state index contributed by atoms with van der Waals surface area (Å²) in [4.78, 5) is 11.6. The first kappa shape index (κ1) is 12.8. The summed E-state index contributed by atoms with van der Waals surface area (Å²) in [7, 11) is 0. The number of hydrogen-bond acceptors (Lipinski definition) is 2. The minimum atomic E-state index is 0.0105. The third-order valence-electron chi connectivity index (χ3n) is 2.56. The number of hydrogen-bond donors (Lipinski definition) is 2. The van der Waals surface area contributed by atoms with Gasteiger partial charge in [-0.3, -0.25) is 9.89 Å². The quantitative estimate of drug-likeness (QED) is 0.888. The molecule has 1 amide bonds. The Morgan fingerprint density at radius 1 is 1.28 bits per heavy atom. The van der Waals surface area contributed by atoms with Crippen LogP contribution in [0.15, 0.2) is 41.0 Å². The number of benzene rings is 1. The average Bonchev–Trinajstić information content (AvgIpc) is 2.84. The molecule has 0 spiro atoms. The summed E-state index contributed by atoms with van der Waals surface area (Å²) in [5.74, 6) is 0.0105. The van der Waals surface area contributed by atoms with Crippen molar-refractivity contribution in [1.82, 2.24) is 15.5 Å². The van der Waals surface area contributed by atoms with Crippen molar-refractivity contribution in [2.75, 3.05) is 6.54 Å². The molecule has 18 heavy (non-hydrogen) atoms. The van der Waals surface area contributed by atoms with E-state index in [2.05, 4.69) is 31.4 Å². The molecule has 2 aromatic rings. The van der Waals surface area contributed by atoms with Gasteiger partial charge in [-0.15, -0.1) is 0 Å². The lowest BCUT2D eigenvalue weighted by Gasteiger charge is -2.04. The van der Waals surface area contributed by atoms with Gasteiger partial charge >= 0.3 is 0 Å². The van der Waals surface area contributed by atoms with E-state index in [0.717, 1.165) is 16.6 Å². The largest absolute Gasteiger partial charge is 0.355 e. The minimum Gasteiger partial charge on any atom is -0.355 e. The zero-order valence-corrected chi connectivity index (χ0v) is 11.4. The van der Waals surface area contributed by atoms with Crippen LogP contribution in [0.4, 0.5) is 0 Å². The van der Waals surface area contributed by atoms with Crippen LogP contribution in [-0.4, -0.2) is 22.6 Å². The maximum Gasteiger partial charge on any atom is 0.226 e. The number of carbonyl (C=O) groups excluding carboxylic acids is 1. The van der Waals surface area contributed by atoms with E-state index in [0.29, 0.717) is 13.0 Å². The molecule has 5 heteroatoms. The fraction of sp³-hybridized carbons (Fsp3) is 0.231. The molecule has 0 unspecified atom stereocenters. The first-order valence-electron chi connectivity index (χ1n) is 5.73. The first-order chi connectivity index (χ1) is 8.74. The smallest absolute Gasteiger partial charge is 0.226 e. The van der Waals surface area contributed by atoms with Crippen LogP contribution in [0.3, 0.4) is 0 Å². The van der Waals surface area contributed by atoms with Crippen molar-refractivity contribution in [3.8, 4) is 0 Å². The van der Waals surface area contributed by atoms with Gasteiger partial charge in [0.1, 0.15) is 0 Å². The fourth-order valence-electron chi connectivity index (χ4n) is 1.62. The van der Waals surface area contributed by atoms with Gasteiger partial charge in [-0.1, -0.05) is 28.1 Å². The molecule has 0 aliphatic heterocycles. The van der Waals surface area contributed by atoms with Gasteiger partial charge < -0.3 is 5.32 Å². The van der Waals surface area contributed by atoms with E-state index in [1.807, 2.05) is 24.3 Å². The van der Waals surface area contributed by atoms with Gasteiger partial charge in [0.15, 0.2) is 0 Å². The van der Waals surface area contributed by atoms with Gasteiger partial charge in [0.2, 0.25) is 5.91 Å². The molecule has 0 saturated carbocycles. The highest BCUT2D eigenvalue weighted by molar-refractivity contribution is 9.10. The summed E-state index contributed by atoms with van der Waals surface area (Å²) in [5.41, 5.74) is 2.04. The molecule has 0 bridgehead atoms. The van der Waals surface area contributed by atoms with Gasteiger partial charge in [-0.05, 0) is 30.2 Å². The molecule has 0 fully saturated rings. The third kappa shape index (κ3) is 4.00. The van der Waals surface area contributed by atoms with Crippen molar-refractivity contribution < 1.29 is 4.79 Å². The van der Waals surface area contributed by atoms with Crippen LogP contribution in [0.2, 0.25) is 0 Å². The van der Waals surface area contributed by atoms with E-state index in [-0.39, 0.29) is 5.91 Å². The molecule has 0 atom stereocenters. The summed E-state index contributed by atoms with van der Waals surface area (Å²) < 4.78 is 1.06. The van der Waals surface area contributed by atoms with E-state index >= 15 is 0 Å². The second-order valence-corrected chi connectivity index (χ2v) is 4.90. The lowest BCUT2D eigenvalue weighted by molar-refractivity contribution is -0.120. The Labute approximate surface area is 114 Å². The van der Waals surface area contributed by atoms with Crippen LogP contribution in [0.25, 0.3) is 0 Å². The highest BCUT2D eigenvalue weighted by Gasteiger charge is 2.03. The lowest BCUT2D eigenvalue weighted by Crippen LogP contribution is -2.27. The molecule has 0 radical (unpaired) electrons. The molecule has 2 N–H and O–H groups in total. The minimum absolute atomic E-state index is 0.0105. The van der Waals surface area contributed by atoms with E-state index in [9.17, 15) is 4.79 Å². The second kappa shape index (κ2) is 6.35. The highest BCUT2D eigenvalue weighted by Crippen LogP contribution is 2.10. The van der Waals surface area contributed by atoms with Gasteiger partial charge in [-0.25, -0.2) is 0 Å². The van der Waals surface area contributed by atoms with Gasteiger partial charge in [0.25, 0.3) is 0 Å². The molecule has 0 aliphatic carbocycles. The Morgan fingerprint density at radius 2 is 2.06 bits per heavy atom. The van der Waals surface area contributed by atoms with Gasteiger partial charge in [0.05, 0.1) is 6.42 Å². The number of amides is 1. The summed E-state index contributed by atoms with van der Waals surface area (Å²) in [6.07, 6.45) is 2.83. The normalized spacial score (nSPS) is 10.3. The SMILES string of the molecule is O=C(Cc1ccn[nH]1)NCCc1ccc(Br)cc1. The zero-order chi connectivity index (χ0) is 12.8. The predicted molar refractivity (Wildman–Crippen MR) is 73.1 cm³/mol. The average molecular weight is 308 g/mol. The van der Waals surface area contributed by atoms with Crippen molar-refractivity contribution in [1.29, 1.82) is 0 Å². The Hall–Kier alpha value is -1.62. The molecule has 2 rings (SSSR count). The summed E-state index contributed by atoms with van der Waals surface area (Å²) in [6.45, 7) is 0.647. The monoisotopic (exact) mass is 307 g/mol. The summed E-state index contributed by atoms with van der Waals surface area (Å²) in [6, 6.07) is 9.90. The molecular formula is C13H14BrN3O. The highest BCUT2D eigenvalue weighted by atomic mass is 79.9. The number of aromatic amines is 1. The molecule has 0 saturated heterocycles. The number of carbonyl (C=O) groups is 1. The van der Waals surface area contributed by atoms with Crippen molar-refractivity contribution in [2.24, 2.45) is 0 Å². The van der Waals surface area contributed by atoms with Crippen LogP contribution in [0.1, 0.15) is 11.3 Å². The number of halogens is 1. The number of H-pyrrole nitrogens is 1. The van der Waals surface area contributed by atoms with Crippen LogP contribution in [0, 0.1) is 0 Å².